The fourth-order valence-corrected chi connectivity index (χ4v) is 0.666. The zero-order valence-electron chi connectivity index (χ0n) is 8.21. The van der Waals surface area contributed by atoms with Gasteiger partial charge in [0, 0.05) is 13.1 Å². The minimum absolute atomic E-state index is 0.0926. The van der Waals surface area contributed by atoms with Crippen LogP contribution < -0.4 is 11.1 Å². The van der Waals surface area contributed by atoms with E-state index in [1.807, 2.05) is 0 Å². The highest BCUT2D eigenvalue weighted by Crippen LogP contribution is 1.87. The summed E-state index contributed by atoms with van der Waals surface area (Å²) >= 11 is 0. The summed E-state index contributed by atoms with van der Waals surface area (Å²) in [4.78, 5) is 10.9. The molecule has 5 heteroatoms. The standard InChI is InChI=1S/C8H18N2O3/c1-7(2)13-8(11)10-4-6-12-5-3-9/h7H,3-6,9H2,1-2H3,(H,10,11). The van der Waals surface area contributed by atoms with Gasteiger partial charge in [0.2, 0.25) is 0 Å². The van der Waals surface area contributed by atoms with Crippen LogP contribution in [0.3, 0.4) is 0 Å². The van der Waals surface area contributed by atoms with Gasteiger partial charge in [0.05, 0.1) is 19.3 Å². The minimum Gasteiger partial charge on any atom is -0.447 e. The summed E-state index contributed by atoms with van der Waals surface area (Å²) in [5, 5.41) is 2.55. The molecule has 0 bridgehead atoms. The molecule has 0 aliphatic carbocycles. The van der Waals surface area contributed by atoms with E-state index in [0.717, 1.165) is 0 Å². The summed E-state index contributed by atoms with van der Waals surface area (Å²) in [5.41, 5.74) is 5.20. The van der Waals surface area contributed by atoms with Crippen LogP contribution in [-0.4, -0.2) is 38.5 Å². The molecule has 0 aliphatic heterocycles. The normalized spacial score (nSPS) is 10.2. The highest BCUT2D eigenvalue weighted by Gasteiger charge is 2.02. The Morgan fingerprint density at radius 2 is 2.15 bits per heavy atom. The van der Waals surface area contributed by atoms with E-state index in [9.17, 15) is 4.79 Å². The lowest BCUT2D eigenvalue weighted by atomic mass is 10.5. The van der Waals surface area contributed by atoms with E-state index in [1.165, 1.54) is 0 Å². The zero-order chi connectivity index (χ0) is 10.1. The Balaban J connectivity index is 3.17. The largest absolute Gasteiger partial charge is 0.447 e. The van der Waals surface area contributed by atoms with Crippen molar-refractivity contribution in [1.29, 1.82) is 0 Å². The van der Waals surface area contributed by atoms with E-state index < -0.39 is 6.09 Å². The molecule has 0 fully saturated rings. The average molecular weight is 190 g/mol. The highest BCUT2D eigenvalue weighted by atomic mass is 16.6. The van der Waals surface area contributed by atoms with Crippen LogP contribution in [0.2, 0.25) is 0 Å². The fraction of sp³-hybridized carbons (Fsp3) is 0.875. The minimum atomic E-state index is -0.411. The van der Waals surface area contributed by atoms with Gasteiger partial charge in [-0.25, -0.2) is 4.79 Å². The van der Waals surface area contributed by atoms with Crippen LogP contribution in [0.25, 0.3) is 0 Å². The molecule has 0 heterocycles. The molecule has 0 aromatic carbocycles. The van der Waals surface area contributed by atoms with Crippen molar-refractivity contribution in [3.8, 4) is 0 Å². The maximum atomic E-state index is 10.9. The van der Waals surface area contributed by atoms with Gasteiger partial charge >= 0.3 is 6.09 Å². The number of amides is 1. The van der Waals surface area contributed by atoms with Crippen LogP contribution in [0.4, 0.5) is 4.79 Å². The van der Waals surface area contributed by atoms with Gasteiger partial charge in [-0.05, 0) is 13.8 Å². The van der Waals surface area contributed by atoms with Crippen LogP contribution in [0, 0.1) is 0 Å². The summed E-state index contributed by atoms with van der Waals surface area (Å²) in [6.45, 7) is 5.52. The SMILES string of the molecule is CC(C)OC(=O)NCCOCCN. The van der Waals surface area contributed by atoms with E-state index in [1.54, 1.807) is 13.8 Å². The lowest BCUT2D eigenvalue weighted by Crippen LogP contribution is -2.30. The second-order valence-electron chi connectivity index (χ2n) is 2.78. The van der Waals surface area contributed by atoms with Crippen molar-refractivity contribution < 1.29 is 14.3 Å². The molecule has 0 saturated carbocycles. The monoisotopic (exact) mass is 190 g/mol. The van der Waals surface area contributed by atoms with Crippen molar-refractivity contribution >= 4 is 6.09 Å². The quantitative estimate of drug-likeness (QED) is 0.582. The van der Waals surface area contributed by atoms with Crippen molar-refractivity contribution in [3.63, 3.8) is 0 Å². The van der Waals surface area contributed by atoms with Gasteiger partial charge in [0.1, 0.15) is 0 Å². The van der Waals surface area contributed by atoms with E-state index in [2.05, 4.69) is 5.32 Å². The topological polar surface area (TPSA) is 73.6 Å². The van der Waals surface area contributed by atoms with Crippen LogP contribution in [0.15, 0.2) is 0 Å². The van der Waals surface area contributed by atoms with E-state index in [0.29, 0.717) is 26.3 Å². The second kappa shape index (κ2) is 7.82. The molecule has 0 aromatic heterocycles. The average Bonchev–Trinajstić information content (AvgIpc) is 2.02. The molecule has 3 N–H and O–H groups in total. The Bertz CT molecular complexity index is 139. The first-order valence-corrected chi connectivity index (χ1v) is 4.39. The molecule has 13 heavy (non-hydrogen) atoms. The molecule has 1 amide bonds. The molecule has 0 saturated heterocycles. The molecule has 0 atom stereocenters. The third kappa shape index (κ3) is 9.10. The maximum absolute atomic E-state index is 10.9. The van der Waals surface area contributed by atoms with Crippen LogP contribution in [-0.2, 0) is 9.47 Å². The summed E-state index contributed by atoms with van der Waals surface area (Å²) in [7, 11) is 0. The first-order valence-electron chi connectivity index (χ1n) is 4.39. The summed E-state index contributed by atoms with van der Waals surface area (Å²) < 4.78 is 9.87. The third-order valence-electron chi connectivity index (χ3n) is 1.12. The number of nitrogens with two attached hydrogens (primary N) is 1. The van der Waals surface area contributed by atoms with E-state index in [-0.39, 0.29) is 6.10 Å². The van der Waals surface area contributed by atoms with Gasteiger partial charge in [-0.3, -0.25) is 0 Å². The lowest BCUT2D eigenvalue weighted by molar-refractivity contribution is 0.106. The number of hydrogen-bond acceptors (Lipinski definition) is 4. The Hall–Kier alpha value is -0.810. The second-order valence-corrected chi connectivity index (χ2v) is 2.78. The zero-order valence-corrected chi connectivity index (χ0v) is 8.21. The van der Waals surface area contributed by atoms with Gasteiger partial charge in [0.15, 0.2) is 0 Å². The molecule has 0 radical (unpaired) electrons. The molecule has 0 unspecified atom stereocenters. The Morgan fingerprint density at radius 1 is 1.46 bits per heavy atom. The molecule has 5 nitrogen and oxygen atoms in total. The van der Waals surface area contributed by atoms with Gasteiger partial charge in [0.25, 0.3) is 0 Å². The van der Waals surface area contributed by atoms with Gasteiger partial charge in [-0.2, -0.15) is 0 Å². The van der Waals surface area contributed by atoms with E-state index >= 15 is 0 Å². The number of carbonyl (C=O) groups excluding carboxylic acids is 1. The fourth-order valence-electron chi connectivity index (χ4n) is 0.666. The number of ether oxygens (including phenoxy) is 2. The predicted octanol–water partition coefficient (Wildman–Crippen LogP) is 0.0963. The lowest BCUT2D eigenvalue weighted by Gasteiger charge is -2.09. The first-order chi connectivity index (χ1) is 6.16. The number of nitrogens with one attached hydrogen (secondary N) is 1. The van der Waals surface area contributed by atoms with Crippen molar-refractivity contribution in [3.05, 3.63) is 0 Å². The molecular weight excluding hydrogens is 172 g/mol. The summed E-state index contributed by atoms with van der Waals surface area (Å²) in [6.07, 6.45) is -0.503. The molecule has 0 spiro atoms. The number of carbonyl (C=O) groups is 1. The predicted molar refractivity (Wildman–Crippen MR) is 49.5 cm³/mol. The molecule has 0 rings (SSSR count). The molecule has 0 aromatic rings. The third-order valence-corrected chi connectivity index (χ3v) is 1.12. The van der Waals surface area contributed by atoms with Gasteiger partial charge in [-0.1, -0.05) is 0 Å². The van der Waals surface area contributed by atoms with E-state index in [4.69, 9.17) is 15.2 Å². The van der Waals surface area contributed by atoms with Gasteiger partial charge in [-0.15, -0.1) is 0 Å². The number of hydrogen-bond donors (Lipinski definition) is 2. The maximum Gasteiger partial charge on any atom is 0.407 e. The van der Waals surface area contributed by atoms with Crippen LogP contribution >= 0.6 is 0 Å². The number of alkyl carbamates (subject to hydrolysis) is 1. The first kappa shape index (κ1) is 12.2. The van der Waals surface area contributed by atoms with Crippen molar-refractivity contribution in [2.75, 3.05) is 26.3 Å². The van der Waals surface area contributed by atoms with Crippen molar-refractivity contribution in [2.24, 2.45) is 5.73 Å². The van der Waals surface area contributed by atoms with Crippen molar-refractivity contribution in [2.45, 2.75) is 20.0 Å². The van der Waals surface area contributed by atoms with Crippen LogP contribution in [0.5, 0.6) is 0 Å². The Morgan fingerprint density at radius 3 is 2.69 bits per heavy atom. The summed E-state index contributed by atoms with van der Waals surface area (Å²) in [5.74, 6) is 0. The smallest absolute Gasteiger partial charge is 0.407 e. The summed E-state index contributed by atoms with van der Waals surface area (Å²) in [6, 6.07) is 0. The highest BCUT2D eigenvalue weighted by molar-refractivity contribution is 5.67. The van der Waals surface area contributed by atoms with Crippen molar-refractivity contribution in [1.82, 2.24) is 5.32 Å². The number of rotatable bonds is 6. The Kier molecular flexibility index (Phi) is 7.33. The molecule has 78 valence electrons. The molecular formula is C8H18N2O3. The molecule has 0 aliphatic rings. The Labute approximate surface area is 78.6 Å². The van der Waals surface area contributed by atoms with Gasteiger partial charge < -0.3 is 20.5 Å². The van der Waals surface area contributed by atoms with Crippen LogP contribution in [0.1, 0.15) is 13.8 Å².